The molecule has 0 amide bonds. The van der Waals surface area contributed by atoms with Crippen LogP contribution in [0.4, 0.5) is 0 Å². The Hall–Kier alpha value is -1.63. The Morgan fingerprint density at radius 2 is 1.85 bits per heavy atom. The van der Waals surface area contributed by atoms with E-state index in [2.05, 4.69) is 52.4 Å². The quantitative estimate of drug-likeness (QED) is 0.609. The smallest absolute Gasteiger partial charge is 0.194 e. The van der Waals surface area contributed by atoms with E-state index in [0.29, 0.717) is 6.54 Å². The molecule has 1 aromatic carbocycles. The van der Waals surface area contributed by atoms with Gasteiger partial charge in [-0.05, 0) is 12.5 Å². The number of methoxy groups -OCH3 is 1. The lowest BCUT2D eigenvalue weighted by atomic mass is 9.94. The molecule has 1 aromatic rings. The molecule has 2 aliphatic rings. The molecule has 0 unspecified atom stereocenters. The average molecular weight is 375 g/mol. The highest BCUT2D eigenvalue weighted by Gasteiger charge is 2.32. The topological polar surface area (TPSA) is 49.3 Å². The monoisotopic (exact) mass is 374 g/mol. The Kier molecular flexibility index (Phi) is 7.50. The third kappa shape index (κ3) is 5.67. The van der Waals surface area contributed by atoms with Gasteiger partial charge in [0.15, 0.2) is 5.96 Å². The lowest BCUT2D eigenvalue weighted by molar-refractivity contribution is -0.0829. The molecule has 3 rings (SSSR count). The van der Waals surface area contributed by atoms with Crippen molar-refractivity contribution in [2.75, 3.05) is 59.6 Å². The van der Waals surface area contributed by atoms with Crippen LogP contribution in [0.15, 0.2) is 35.3 Å². The first-order valence-corrected chi connectivity index (χ1v) is 10.2. The summed E-state index contributed by atoms with van der Waals surface area (Å²) in [4.78, 5) is 9.85. The van der Waals surface area contributed by atoms with Gasteiger partial charge in [-0.1, -0.05) is 30.3 Å². The number of nitrogens with zero attached hydrogens (tertiary/aromatic N) is 3. The Balaban J connectivity index is 1.55. The van der Waals surface area contributed by atoms with Crippen molar-refractivity contribution in [1.82, 2.24) is 15.1 Å². The second kappa shape index (κ2) is 10.1. The molecule has 6 heteroatoms. The van der Waals surface area contributed by atoms with Gasteiger partial charge < -0.3 is 19.7 Å². The molecule has 1 N–H and O–H groups in total. The van der Waals surface area contributed by atoms with Gasteiger partial charge in [0.05, 0.1) is 12.1 Å². The molecule has 6 nitrogen and oxygen atoms in total. The number of guanidine groups is 1. The first kappa shape index (κ1) is 20.1. The third-order valence-corrected chi connectivity index (χ3v) is 5.61. The highest BCUT2D eigenvalue weighted by Crippen LogP contribution is 2.25. The lowest BCUT2D eigenvalue weighted by Gasteiger charge is -2.38. The minimum Gasteiger partial charge on any atom is -0.381 e. The summed E-state index contributed by atoms with van der Waals surface area (Å²) in [6.45, 7) is 10.4. The minimum atomic E-state index is -0.173. The predicted octanol–water partition coefficient (Wildman–Crippen LogP) is 1.97. The van der Waals surface area contributed by atoms with E-state index >= 15 is 0 Å². The summed E-state index contributed by atoms with van der Waals surface area (Å²) >= 11 is 0. The molecule has 0 atom stereocenters. The summed E-state index contributed by atoms with van der Waals surface area (Å²) < 4.78 is 11.3. The molecule has 2 fully saturated rings. The summed E-state index contributed by atoms with van der Waals surface area (Å²) in [5, 5.41) is 3.47. The molecule has 0 spiro atoms. The fourth-order valence-electron chi connectivity index (χ4n) is 3.77. The number of hydrogen-bond donors (Lipinski definition) is 1. The lowest BCUT2D eigenvalue weighted by Crippen LogP contribution is -2.52. The Morgan fingerprint density at radius 1 is 1.15 bits per heavy atom. The van der Waals surface area contributed by atoms with Crippen molar-refractivity contribution < 1.29 is 9.47 Å². The molecule has 2 saturated heterocycles. The normalized spacial score (nSPS) is 21.3. The zero-order chi connectivity index (χ0) is 19.0. The van der Waals surface area contributed by atoms with Gasteiger partial charge in [-0.25, -0.2) is 0 Å². The van der Waals surface area contributed by atoms with Crippen LogP contribution in [-0.2, 0) is 16.0 Å². The van der Waals surface area contributed by atoms with Crippen LogP contribution in [-0.4, -0.2) is 81.0 Å². The van der Waals surface area contributed by atoms with E-state index in [1.807, 2.05) is 0 Å². The Bertz CT molecular complexity index is 579. The molecule has 0 aromatic heterocycles. The maximum Gasteiger partial charge on any atom is 0.194 e. The van der Waals surface area contributed by atoms with Crippen LogP contribution < -0.4 is 5.32 Å². The van der Waals surface area contributed by atoms with E-state index in [0.717, 1.165) is 71.3 Å². The van der Waals surface area contributed by atoms with Gasteiger partial charge in [0, 0.05) is 72.4 Å². The van der Waals surface area contributed by atoms with Crippen LogP contribution in [0.5, 0.6) is 0 Å². The van der Waals surface area contributed by atoms with E-state index in [4.69, 9.17) is 14.5 Å². The van der Waals surface area contributed by atoms with Crippen molar-refractivity contribution in [3.63, 3.8) is 0 Å². The molecule has 0 saturated carbocycles. The molecule has 0 bridgehead atoms. The van der Waals surface area contributed by atoms with E-state index < -0.39 is 0 Å². The molecule has 2 heterocycles. The average Bonchev–Trinajstić information content (AvgIpc) is 2.73. The molecule has 0 aliphatic carbocycles. The van der Waals surface area contributed by atoms with Gasteiger partial charge >= 0.3 is 0 Å². The Labute approximate surface area is 163 Å². The number of nitrogens with one attached hydrogen (secondary N) is 1. The van der Waals surface area contributed by atoms with Crippen molar-refractivity contribution in [3.05, 3.63) is 35.9 Å². The van der Waals surface area contributed by atoms with Gasteiger partial charge in [-0.3, -0.25) is 9.89 Å². The van der Waals surface area contributed by atoms with Crippen molar-refractivity contribution in [2.24, 2.45) is 4.99 Å². The zero-order valence-electron chi connectivity index (χ0n) is 16.8. The number of ether oxygens (including phenoxy) is 2. The van der Waals surface area contributed by atoms with Crippen molar-refractivity contribution in [3.8, 4) is 0 Å². The van der Waals surface area contributed by atoms with Crippen LogP contribution in [0, 0.1) is 0 Å². The summed E-state index contributed by atoms with van der Waals surface area (Å²) in [6.07, 6.45) is 1.83. The molecule has 0 radical (unpaired) electrons. The first-order valence-electron chi connectivity index (χ1n) is 10.2. The van der Waals surface area contributed by atoms with E-state index in [9.17, 15) is 0 Å². The highest BCUT2D eigenvalue weighted by atomic mass is 16.5. The first-order chi connectivity index (χ1) is 13.2. The van der Waals surface area contributed by atoms with Gasteiger partial charge in [0.2, 0.25) is 0 Å². The van der Waals surface area contributed by atoms with E-state index in [-0.39, 0.29) is 5.60 Å². The summed E-state index contributed by atoms with van der Waals surface area (Å²) in [7, 11) is 1.80. The summed E-state index contributed by atoms with van der Waals surface area (Å²) in [5.41, 5.74) is 1.21. The number of hydrogen-bond acceptors (Lipinski definition) is 4. The number of piperazine rings is 1. The third-order valence-electron chi connectivity index (χ3n) is 5.61. The molecular weight excluding hydrogens is 340 g/mol. The summed E-state index contributed by atoms with van der Waals surface area (Å²) in [6, 6.07) is 10.7. The fraction of sp³-hybridized carbons (Fsp3) is 0.667. The second-order valence-corrected chi connectivity index (χ2v) is 7.42. The molecular formula is C21H34N4O2. The van der Waals surface area contributed by atoms with Crippen LogP contribution in [0.1, 0.15) is 25.3 Å². The van der Waals surface area contributed by atoms with Crippen LogP contribution in [0.25, 0.3) is 0 Å². The van der Waals surface area contributed by atoms with Crippen LogP contribution >= 0.6 is 0 Å². The van der Waals surface area contributed by atoms with Crippen LogP contribution in [0.3, 0.4) is 0 Å². The van der Waals surface area contributed by atoms with E-state index in [1.54, 1.807) is 7.11 Å². The van der Waals surface area contributed by atoms with Crippen LogP contribution in [0.2, 0.25) is 0 Å². The SMILES string of the molecule is CCNC(=NCC1(OC)CCOCC1)N1CCN(Cc2ccccc2)CC1. The molecule has 27 heavy (non-hydrogen) atoms. The maximum absolute atomic E-state index is 5.84. The Morgan fingerprint density at radius 3 is 2.48 bits per heavy atom. The predicted molar refractivity (Wildman–Crippen MR) is 109 cm³/mol. The van der Waals surface area contributed by atoms with Gasteiger partial charge in [0.25, 0.3) is 0 Å². The largest absolute Gasteiger partial charge is 0.381 e. The van der Waals surface area contributed by atoms with Crippen molar-refractivity contribution in [2.45, 2.75) is 31.9 Å². The van der Waals surface area contributed by atoms with Gasteiger partial charge in [0.1, 0.15) is 0 Å². The molecule has 150 valence electrons. The zero-order valence-corrected chi connectivity index (χ0v) is 16.8. The fourth-order valence-corrected chi connectivity index (χ4v) is 3.77. The molecule has 2 aliphatic heterocycles. The standard InChI is InChI=1S/C21H34N4O2/c1-3-22-20(23-18-21(26-2)9-15-27-16-10-21)25-13-11-24(12-14-25)17-19-7-5-4-6-8-19/h4-8H,3,9-18H2,1-2H3,(H,22,23). The van der Waals surface area contributed by atoms with Crippen molar-refractivity contribution in [1.29, 1.82) is 0 Å². The highest BCUT2D eigenvalue weighted by molar-refractivity contribution is 5.80. The second-order valence-electron chi connectivity index (χ2n) is 7.42. The number of aliphatic imine (C=N–C) groups is 1. The number of benzene rings is 1. The van der Waals surface area contributed by atoms with Crippen molar-refractivity contribution >= 4 is 5.96 Å². The number of rotatable bonds is 6. The minimum absolute atomic E-state index is 0.173. The van der Waals surface area contributed by atoms with Gasteiger partial charge in [-0.2, -0.15) is 0 Å². The maximum atomic E-state index is 5.84. The van der Waals surface area contributed by atoms with Gasteiger partial charge in [-0.15, -0.1) is 0 Å². The summed E-state index contributed by atoms with van der Waals surface area (Å²) in [5.74, 6) is 1.01. The van der Waals surface area contributed by atoms with E-state index in [1.165, 1.54) is 5.56 Å².